The molecular weight excluding hydrogens is 274 g/mol. The van der Waals surface area contributed by atoms with Crippen molar-refractivity contribution in [2.24, 2.45) is 5.92 Å². The first-order valence-electron chi connectivity index (χ1n) is 7.36. The highest BCUT2D eigenvalue weighted by Gasteiger charge is 2.32. The normalized spacial score (nSPS) is 20.6. The van der Waals surface area contributed by atoms with E-state index < -0.39 is 10.0 Å². The van der Waals surface area contributed by atoms with Gasteiger partial charge in [0, 0.05) is 38.1 Å². The van der Waals surface area contributed by atoms with Gasteiger partial charge in [-0.1, -0.05) is 13.3 Å². The molecule has 1 saturated heterocycles. The second-order valence-electron chi connectivity index (χ2n) is 5.41. The van der Waals surface area contributed by atoms with E-state index in [1.807, 2.05) is 18.5 Å². The zero-order chi connectivity index (χ0) is 14.8. The minimum Gasteiger partial charge on any atom is -0.349 e. The Balaban J connectivity index is 2.26. The van der Waals surface area contributed by atoms with Gasteiger partial charge in [0.25, 0.3) is 0 Å². The smallest absolute Gasteiger partial charge is 0.244 e. The molecule has 1 aliphatic rings. The highest BCUT2D eigenvalue weighted by atomic mass is 32.2. The van der Waals surface area contributed by atoms with Gasteiger partial charge in [-0.2, -0.15) is 4.31 Å². The molecule has 2 rings (SSSR count). The molecular formula is C14H25N3O2S. The predicted molar refractivity (Wildman–Crippen MR) is 80.0 cm³/mol. The van der Waals surface area contributed by atoms with Crippen molar-refractivity contribution in [2.75, 3.05) is 20.1 Å². The van der Waals surface area contributed by atoms with Gasteiger partial charge >= 0.3 is 0 Å². The lowest BCUT2D eigenvalue weighted by molar-refractivity contribution is 0.453. The van der Waals surface area contributed by atoms with E-state index in [-0.39, 0.29) is 0 Å². The largest absolute Gasteiger partial charge is 0.349 e. The van der Waals surface area contributed by atoms with E-state index in [9.17, 15) is 8.42 Å². The van der Waals surface area contributed by atoms with Crippen molar-refractivity contribution in [1.82, 2.24) is 14.2 Å². The summed E-state index contributed by atoms with van der Waals surface area (Å²) in [5, 5.41) is 3.08. The van der Waals surface area contributed by atoms with Crippen molar-refractivity contribution in [3.05, 3.63) is 18.0 Å². The minimum absolute atomic E-state index is 0.432. The summed E-state index contributed by atoms with van der Waals surface area (Å²) in [6.45, 7) is 6.93. The molecule has 1 unspecified atom stereocenters. The molecule has 0 aliphatic carbocycles. The molecule has 1 aliphatic heterocycles. The number of nitrogens with zero attached hydrogens (tertiary/aromatic N) is 2. The molecule has 1 aromatic heterocycles. The first-order chi connectivity index (χ1) is 9.52. The Morgan fingerprint density at radius 2 is 2.15 bits per heavy atom. The van der Waals surface area contributed by atoms with Gasteiger partial charge in [0.1, 0.15) is 4.90 Å². The van der Waals surface area contributed by atoms with Gasteiger partial charge in [0.15, 0.2) is 0 Å². The summed E-state index contributed by atoms with van der Waals surface area (Å²) in [5.74, 6) is 0.509. The molecule has 1 atom stereocenters. The lowest BCUT2D eigenvalue weighted by atomic mass is 10.1. The highest BCUT2D eigenvalue weighted by Crippen LogP contribution is 2.27. The van der Waals surface area contributed by atoms with Crippen LogP contribution >= 0.6 is 0 Å². The highest BCUT2D eigenvalue weighted by molar-refractivity contribution is 7.89. The molecule has 114 valence electrons. The van der Waals surface area contributed by atoms with Crippen LogP contribution < -0.4 is 5.32 Å². The third-order valence-corrected chi connectivity index (χ3v) is 5.95. The molecule has 6 heteroatoms. The zero-order valence-electron chi connectivity index (χ0n) is 12.6. The Morgan fingerprint density at radius 1 is 1.40 bits per heavy atom. The molecule has 1 fully saturated rings. The first-order valence-corrected chi connectivity index (χ1v) is 8.80. The summed E-state index contributed by atoms with van der Waals surface area (Å²) in [6, 6.07) is 1.80. The van der Waals surface area contributed by atoms with Gasteiger partial charge in [-0.05, 0) is 32.4 Å². The SMILES string of the molecule is CCC1CCN(S(=O)(=O)c2cc(CNC)n(CC)c2)C1. The van der Waals surface area contributed by atoms with Crippen LogP contribution in [0.5, 0.6) is 0 Å². The van der Waals surface area contributed by atoms with Gasteiger partial charge in [-0.15, -0.1) is 0 Å². The number of nitrogens with one attached hydrogen (secondary N) is 1. The number of aromatic nitrogens is 1. The Kier molecular flexibility index (Phi) is 4.88. The van der Waals surface area contributed by atoms with Crippen LogP contribution in [-0.2, 0) is 23.1 Å². The molecule has 0 saturated carbocycles. The Morgan fingerprint density at radius 3 is 2.70 bits per heavy atom. The number of hydrogen-bond donors (Lipinski definition) is 1. The van der Waals surface area contributed by atoms with Crippen molar-refractivity contribution in [2.45, 2.75) is 44.7 Å². The fourth-order valence-corrected chi connectivity index (χ4v) is 4.38. The van der Waals surface area contributed by atoms with Crippen LogP contribution in [-0.4, -0.2) is 37.4 Å². The quantitative estimate of drug-likeness (QED) is 0.869. The summed E-state index contributed by atoms with van der Waals surface area (Å²) in [4.78, 5) is 0.432. The summed E-state index contributed by atoms with van der Waals surface area (Å²) < 4.78 is 29.0. The molecule has 5 nitrogen and oxygen atoms in total. The van der Waals surface area contributed by atoms with Crippen LogP contribution in [0.2, 0.25) is 0 Å². The maximum absolute atomic E-state index is 12.7. The van der Waals surface area contributed by atoms with Crippen LogP contribution in [0.1, 0.15) is 32.4 Å². The maximum Gasteiger partial charge on any atom is 0.244 e. The third-order valence-electron chi connectivity index (χ3n) is 4.12. The van der Waals surface area contributed by atoms with Crippen LogP contribution in [0.3, 0.4) is 0 Å². The Bertz CT molecular complexity index is 551. The van der Waals surface area contributed by atoms with E-state index in [4.69, 9.17) is 0 Å². The van der Waals surface area contributed by atoms with E-state index in [2.05, 4.69) is 12.2 Å². The van der Waals surface area contributed by atoms with Crippen molar-refractivity contribution >= 4 is 10.0 Å². The van der Waals surface area contributed by atoms with E-state index >= 15 is 0 Å². The fourth-order valence-electron chi connectivity index (χ4n) is 2.79. The summed E-state index contributed by atoms with van der Waals surface area (Å²) in [6.07, 6.45) is 3.79. The minimum atomic E-state index is -3.33. The van der Waals surface area contributed by atoms with Crippen molar-refractivity contribution in [3.63, 3.8) is 0 Å². The van der Waals surface area contributed by atoms with Crippen LogP contribution in [0.15, 0.2) is 17.2 Å². The van der Waals surface area contributed by atoms with Crippen molar-refractivity contribution in [1.29, 1.82) is 0 Å². The molecule has 0 bridgehead atoms. The number of sulfonamides is 1. The van der Waals surface area contributed by atoms with Gasteiger partial charge in [0.05, 0.1) is 0 Å². The fraction of sp³-hybridized carbons (Fsp3) is 0.714. The van der Waals surface area contributed by atoms with Gasteiger partial charge in [-0.25, -0.2) is 8.42 Å². The standard InChI is InChI=1S/C14H25N3O2S/c1-4-12-6-7-17(10-12)20(18,19)14-8-13(9-15-3)16(5-2)11-14/h8,11-12,15H,4-7,9-10H2,1-3H3. The number of hydrogen-bond acceptors (Lipinski definition) is 3. The lowest BCUT2D eigenvalue weighted by Gasteiger charge is -2.15. The molecule has 0 aromatic carbocycles. The first kappa shape index (κ1) is 15.5. The Labute approximate surface area is 122 Å². The second kappa shape index (κ2) is 6.28. The number of aryl methyl sites for hydroxylation is 1. The topological polar surface area (TPSA) is 54.3 Å². The molecule has 1 N–H and O–H groups in total. The predicted octanol–water partition coefficient (Wildman–Crippen LogP) is 1.65. The molecule has 0 amide bonds. The second-order valence-corrected chi connectivity index (χ2v) is 7.35. The average Bonchev–Trinajstić information content (AvgIpc) is 3.05. The third kappa shape index (κ3) is 2.92. The van der Waals surface area contributed by atoms with Crippen LogP contribution in [0.4, 0.5) is 0 Å². The average molecular weight is 299 g/mol. The van der Waals surface area contributed by atoms with Crippen molar-refractivity contribution in [3.8, 4) is 0 Å². The van der Waals surface area contributed by atoms with E-state index in [0.29, 0.717) is 30.4 Å². The van der Waals surface area contributed by atoms with E-state index in [1.54, 1.807) is 16.6 Å². The van der Waals surface area contributed by atoms with Crippen LogP contribution in [0.25, 0.3) is 0 Å². The van der Waals surface area contributed by atoms with E-state index in [1.165, 1.54) is 0 Å². The number of rotatable bonds is 6. The van der Waals surface area contributed by atoms with Crippen molar-refractivity contribution < 1.29 is 8.42 Å². The zero-order valence-corrected chi connectivity index (χ0v) is 13.4. The molecule has 20 heavy (non-hydrogen) atoms. The summed E-state index contributed by atoms with van der Waals surface area (Å²) >= 11 is 0. The molecule has 0 radical (unpaired) electrons. The van der Waals surface area contributed by atoms with E-state index in [0.717, 1.165) is 25.1 Å². The van der Waals surface area contributed by atoms with Gasteiger partial charge in [-0.3, -0.25) is 0 Å². The summed E-state index contributed by atoms with van der Waals surface area (Å²) in [5.41, 5.74) is 1.01. The molecule has 0 spiro atoms. The molecule has 1 aromatic rings. The van der Waals surface area contributed by atoms with Gasteiger partial charge in [0.2, 0.25) is 10.0 Å². The molecule has 2 heterocycles. The maximum atomic E-state index is 12.7. The summed E-state index contributed by atoms with van der Waals surface area (Å²) in [7, 11) is -1.46. The lowest BCUT2D eigenvalue weighted by Crippen LogP contribution is -2.28. The Hall–Kier alpha value is -0.850. The monoisotopic (exact) mass is 299 g/mol. The van der Waals surface area contributed by atoms with Crippen LogP contribution in [0, 0.1) is 5.92 Å². The van der Waals surface area contributed by atoms with Gasteiger partial charge < -0.3 is 9.88 Å².